The molecule has 0 spiro atoms. The van der Waals surface area contributed by atoms with Crippen LogP contribution in [0.2, 0.25) is 0 Å². The zero-order valence-electron chi connectivity index (χ0n) is 31.7. The predicted molar refractivity (Wildman–Crippen MR) is 232 cm³/mol. The summed E-state index contributed by atoms with van der Waals surface area (Å²) in [4.78, 5) is 0. The van der Waals surface area contributed by atoms with Gasteiger partial charge in [0.15, 0.2) is 0 Å². The fraction of sp³-hybridized carbons (Fsp3) is 0.111. The highest BCUT2D eigenvalue weighted by Gasteiger charge is 2.37. The zero-order chi connectivity index (χ0) is 37.1. The first kappa shape index (κ1) is 32.0. The van der Waals surface area contributed by atoms with Crippen molar-refractivity contribution in [2.45, 2.75) is 38.5 Å². The molecule has 0 saturated heterocycles. The van der Waals surface area contributed by atoms with E-state index in [0.717, 1.165) is 0 Å². The molecule has 0 N–H and O–H groups in total. The van der Waals surface area contributed by atoms with Crippen LogP contribution in [-0.4, -0.2) is 4.57 Å². The Morgan fingerprint density at radius 3 is 1.38 bits per heavy atom. The zero-order valence-corrected chi connectivity index (χ0v) is 31.7. The molecule has 0 bridgehead atoms. The number of nitrogens with zero attached hydrogens (tertiary/aromatic N) is 1. The maximum Gasteiger partial charge on any atom is 0.0541 e. The third kappa shape index (κ3) is 4.66. The van der Waals surface area contributed by atoms with Crippen molar-refractivity contribution in [2.24, 2.45) is 0 Å². The second-order valence-corrected chi connectivity index (χ2v) is 16.6. The van der Waals surface area contributed by atoms with Crippen LogP contribution in [0.15, 0.2) is 176 Å². The molecule has 0 atom stereocenters. The lowest BCUT2D eigenvalue weighted by Crippen LogP contribution is -2.15. The van der Waals surface area contributed by atoms with Gasteiger partial charge in [0.25, 0.3) is 0 Å². The monoisotopic (exact) mass is 703 g/mol. The molecule has 0 saturated carbocycles. The van der Waals surface area contributed by atoms with Crippen molar-refractivity contribution in [1.82, 2.24) is 4.57 Å². The van der Waals surface area contributed by atoms with Gasteiger partial charge in [-0.2, -0.15) is 0 Å². The second-order valence-electron chi connectivity index (χ2n) is 16.6. The second kappa shape index (κ2) is 11.5. The Morgan fingerprint density at radius 2 is 0.745 bits per heavy atom. The highest BCUT2D eigenvalue weighted by atomic mass is 15.0. The van der Waals surface area contributed by atoms with Crippen LogP contribution >= 0.6 is 0 Å². The third-order valence-corrected chi connectivity index (χ3v) is 12.8. The van der Waals surface area contributed by atoms with Crippen molar-refractivity contribution in [1.29, 1.82) is 0 Å². The average Bonchev–Trinajstić information content (AvgIpc) is 3.77. The number of benzene rings is 8. The minimum Gasteiger partial charge on any atom is -0.309 e. The maximum atomic E-state index is 2.44. The Hall–Kier alpha value is -6.44. The van der Waals surface area contributed by atoms with E-state index in [4.69, 9.17) is 0 Å². The number of para-hydroxylation sites is 1. The van der Waals surface area contributed by atoms with Gasteiger partial charge in [0.05, 0.1) is 11.0 Å². The van der Waals surface area contributed by atoms with Gasteiger partial charge in [-0.15, -0.1) is 0 Å². The van der Waals surface area contributed by atoms with E-state index in [9.17, 15) is 0 Å². The van der Waals surface area contributed by atoms with Gasteiger partial charge in [-0.25, -0.2) is 0 Å². The molecule has 0 aliphatic heterocycles. The van der Waals surface area contributed by atoms with Crippen LogP contribution in [0.4, 0.5) is 0 Å². The fourth-order valence-corrected chi connectivity index (χ4v) is 9.89. The first-order valence-electron chi connectivity index (χ1n) is 19.5. The summed E-state index contributed by atoms with van der Waals surface area (Å²) in [5.41, 5.74) is 22.0. The molecular formula is C54H41N. The van der Waals surface area contributed by atoms with E-state index in [1.807, 2.05) is 0 Å². The Bertz CT molecular complexity index is 3010. The Kier molecular flexibility index (Phi) is 6.72. The molecule has 1 aromatic heterocycles. The van der Waals surface area contributed by atoms with Gasteiger partial charge < -0.3 is 4.57 Å². The lowest BCUT2D eigenvalue weighted by Gasteiger charge is -2.22. The largest absolute Gasteiger partial charge is 0.309 e. The molecule has 2 aliphatic rings. The Morgan fingerprint density at radius 1 is 0.309 bits per heavy atom. The molecule has 0 amide bonds. The van der Waals surface area contributed by atoms with Crippen LogP contribution in [-0.2, 0) is 10.8 Å². The standard InChI is InChI=1S/C54H41N/c1-53(2)47-16-10-8-14-41(47)43-30-36(20-26-48(43)53)37-21-27-49-44(31-37)45-32-38(22-28-50(45)54(49,3)4)39-23-29-52-46(33-39)42-15-9-11-17-51(42)55(52)40-24-18-35(19-25-40)34-12-6-5-7-13-34/h5-33H,1-4H3. The van der Waals surface area contributed by atoms with E-state index in [0.29, 0.717) is 0 Å². The fourth-order valence-electron chi connectivity index (χ4n) is 9.89. The Labute approximate surface area is 323 Å². The van der Waals surface area contributed by atoms with Gasteiger partial charge in [-0.05, 0) is 126 Å². The molecule has 0 fully saturated rings. The summed E-state index contributed by atoms with van der Waals surface area (Å²) in [6.07, 6.45) is 0. The molecule has 1 heterocycles. The van der Waals surface area contributed by atoms with Gasteiger partial charge >= 0.3 is 0 Å². The average molecular weight is 704 g/mol. The molecule has 8 aromatic carbocycles. The van der Waals surface area contributed by atoms with Crippen LogP contribution < -0.4 is 0 Å². The topological polar surface area (TPSA) is 4.93 Å². The SMILES string of the molecule is CC1(C)c2ccccc2-c2cc(-c3ccc4c(c3)-c3cc(-c5ccc6c(c5)c5ccccc5n6-c5ccc(-c6ccccc6)cc5)ccc3C4(C)C)ccc21. The highest BCUT2D eigenvalue weighted by molar-refractivity contribution is 6.10. The van der Waals surface area contributed by atoms with Gasteiger partial charge in [0.1, 0.15) is 0 Å². The van der Waals surface area contributed by atoms with E-state index in [1.165, 1.54) is 105 Å². The van der Waals surface area contributed by atoms with Crippen molar-refractivity contribution in [2.75, 3.05) is 0 Å². The number of hydrogen-bond donors (Lipinski definition) is 0. The number of fused-ring (bicyclic) bond motifs is 9. The first-order valence-corrected chi connectivity index (χ1v) is 19.5. The van der Waals surface area contributed by atoms with Crippen LogP contribution in [0.3, 0.4) is 0 Å². The van der Waals surface area contributed by atoms with E-state index < -0.39 is 0 Å². The van der Waals surface area contributed by atoms with Crippen LogP contribution in [0.1, 0.15) is 49.9 Å². The van der Waals surface area contributed by atoms with Gasteiger partial charge in [0.2, 0.25) is 0 Å². The number of aromatic nitrogens is 1. The predicted octanol–water partition coefficient (Wildman–Crippen LogP) is 14.4. The van der Waals surface area contributed by atoms with E-state index in [1.54, 1.807) is 0 Å². The molecule has 1 nitrogen and oxygen atoms in total. The normalized spacial score (nSPS) is 14.5. The molecular weight excluding hydrogens is 663 g/mol. The molecule has 0 unspecified atom stereocenters. The van der Waals surface area contributed by atoms with Crippen LogP contribution in [0.5, 0.6) is 0 Å². The maximum absolute atomic E-state index is 2.44. The van der Waals surface area contributed by atoms with Gasteiger partial charge in [-0.3, -0.25) is 0 Å². The summed E-state index contributed by atoms with van der Waals surface area (Å²) in [6, 6.07) is 65.7. The first-order chi connectivity index (χ1) is 26.8. The quantitative estimate of drug-likeness (QED) is 0.172. The Balaban J connectivity index is 1.00. The molecule has 11 rings (SSSR count). The summed E-state index contributed by atoms with van der Waals surface area (Å²) in [5, 5.41) is 2.54. The van der Waals surface area contributed by atoms with Gasteiger partial charge in [0, 0.05) is 27.3 Å². The minimum absolute atomic E-state index is 0.00776. The summed E-state index contributed by atoms with van der Waals surface area (Å²) in [7, 11) is 0. The third-order valence-electron chi connectivity index (χ3n) is 12.8. The molecule has 0 radical (unpaired) electrons. The summed E-state index contributed by atoms with van der Waals surface area (Å²) in [6.45, 7) is 9.45. The van der Waals surface area contributed by atoms with Crippen molar-refractivity contribution >= 4 is 21.8 Å². The minimum atomic E-state index is -0.0734. The smallest absolute Gasteiger partial charge is 0.0541 e. The molecule has 9 aromatic rings. The summed E-state index contributed by atoms with van der Waals surface area (Å²) < 4.78 is 2.41. The van der Waals surface area contributed by atoms with E-state index in [2.05, 4.69) is 208 Å². The molecule has 1 heteroatoms. The molecule has 55 heavy (non-hydrogen) atoms. The van der Waals surface area contributed by atoms with E-state index >= 15 is 0 Å². The van der Waals surface area contributed by atoms with Crippen LogP contribution in [0, 0.1) is 0 Å². The van der Waals surface area contributed by atoms with Crippen molar-refractivity contribution in [3.05, 3.63) is 198 Å². The summed E-state index contributed by atoms with van der Waals surface area (Å²) in [5.74, 6) is 0. The van der Waals surface area contributed by atoms with Crippen molar-refractivity contribution in [3.8, 4) is 61.3 Å². The van der Waals surface area contributed by atoms with Crippen LogP contribution in [0.25, 0.3) is 83.1 Å². The molecule has 262 valence electrons. The van der Waals surface area contributed by atoms with Crippen molar-refractivity contribution < 1.29 is 0 Å². The molecule has 2 aliphatic carbocycles. The highest BCUT2D eigenvalue weighted by Crippen LogP contribution is 2.52. The lowest BCUT2D eigenvalue weighted by molar-refractivity contribution is 0.660. The van der Waals surface area contributed by atoms with Gasteiger partial charge in [-0.1, -0.05) is 155 Å². The lowest BCUT2D eigenvalue weighted by atomic mass is 9.81. The van der Waals surface area contributed by atoms with E-state index in [-0.39, 0.29) is 10.8 Å². The summed E-state index contributed by atoms with van der Waals surface area (Å²) >= 11 is 0. The number of hydrogen-bond acceptors (Lipinski definition) is 0. The number of rotatable bonds is 4. The van der Waals surface area contributed by atoms with Crippen molar-refractivity contribution in [3.63, 3.8) is 0 Å².